The molecule has 0 amide bonds. The molecule has 1 aromatic rings. The fraction of sp³-hybridized carbons (Fsp3) is 0.333. The van der Waals surface area contributed by atoms with Crippen molar-refractivity contribution in [1.29, 1.82) is 0 Å². The van der Waals surface area contributed by atoms with Crippen LogP contribution >= 0.6 is 0 Å². The van der Waals surface area contributed by atoms with Gasteiger partial charge in [0.25, 0.3) is 0 Å². The molecule has 4 heteroatoms. The van der Waals surface area contributed by atoms with Crippen LogP contribution in [0.4, 0.5) is 7.88 Å². The number of hydrogen-bond acceptors (Lipinski definition) is 0. The molecule has 1 aliphatic rings. The zero-order chi connectivity index (χ0) is 12.0. The number of fused-ring (bicyclic) bond motifs is 1. The van der Waals surface area contributed by atoms with Gasteiger partial charge < -0.3 is 0 Å². The predicted octanol–water partition coefficient (Wildman–Crippen LogP) is 4.86. The van der Waals surface area contributed by atoms with Gasteiger partial charge in [-0.05, 0) is 17.5 Å². The summed E-state index contributed by atoms with van der Waals surface area (Å²) in [5, 5.41) is 0. The zero-order valence-electron chi connectivity index (χ0n) is 9.09. The van der Waals surface area contributed by atoms with Crippen LogP contribution in [0.2, 0.25) is 0 Å². The molecule has 0 spiro atoms. The van der Waals surface area contributed by atoms with Crippen LogP contribution in [0.15, 0.2) is 30.3 Å². The van der Waals surface area contributed by atoms with E-state index in [-0.39, 0.29) is 0 Å². The van der Waals surface area contributed by atoms with Crippen molar-refractivity contribution in [2.24, 2.45) is 0 Å². The van der Waals surface area contributed by atoms with Gasteiger partial charge in [-0.3, -0.25) is 0 Å². The van der Waals surface area contributed by atoms with E-state index in [2.05, 4.69) is 43.3 Å². The first-order valence-electron chi connectivity index (χ1n) is 5.25. The molecule has 0 aromatic heterocycles. The van der Waals surface area contributed by atoms with Crippen LogP contribution < -0.4 is 0 Å². The van der Waals surface area contributed by atoms with E-state index in [4.69, 9.17) is 0 Å². The summed E-state index contributed by atoms with van der Waals surface area (Å²) in [6.45, 7) is 2.24. The SMILES string of the molecule is CCCC1C=Cc2ccccc21.[F][Zr]([F])[F]. The molecule has 0 N–H and O–H groups in total. The molecule has 0 fully saturated rings. The average molecular weight is 306 g/mol. The van der Waals surface area contributed by atoms with Crippen LogP contribution in [0.5, 0.6) is 0 Å². The second-order valence-corrected chi connectivity index (χ2v) is 4.65. The summed E-state index contributed by atoms with van der Waals surface area (Å²) in [6, 6.07) is 8.68. The van der Waals surface area contributed by atoms with Crippen molar-refractivity contribution in [2.75, 3.05) is 0 Å². The Bertz CT molecular complexity index is 347. The maximum atomic E-state index is 9.86. The Hall–Kier alpha value is -0.367. The van der Waals surface area contributed by atoms with Crippen LogP contribution in [0.1, 0.15) is 36.8 Å². The van der Waals surface area contributed by atoms with Crippen molar-refractivity contribution in [2.45, 2.75) is 25.7 Å². The molecule has 1 aromatic carbocycles. The third-order valence-electron chi connectivity index (χ3n) is 2.50. The molecule has 2 rings (SSSR count). The second-order valence-electron chi connectivity index (χ2n) is 3.60. The van der Waals surface area contributed by atoms with Gasteiger partial charge in [0, 0.05) is 5.92 Å². The molecule has 1 unspecified atom stereocenters. The summed E-state index contributed by atoms with van der Waals surface area (Å²) >= 11 is -5.04. The third kappa shape index (κ3) is 4.25. The Balaban J connectivity index is 0.000000280. The zero-order valence-corrected chi connectivity index (χ0v) is 11.5. The summed E-state index contributed by atoms with van der Waals surface area (Å²) < 4.78 is 29.6. The van der Waals surface area contributed by atoms with E-state index in [1.807, 2.05) is 0 Å². The van der Waals surface area contributed by atoms with Crippen molar-refractivity contribution in [3.63, 3.8) is 0 Å². The molecule has 0 bridgehead atoms. The van der Waals surface area contributed by atoms with E-state index >= 15 is 0 Å². The molecule has 16 heavy (non-hydrogen) atoms. The van der Waals surface area contributed by atoms with Crippen LogP contribution in [0, 0.1) is 0 Å². The van der Waals surface area contributed by atoms with E-state index in [1.54, 1.807) is 0 Å². The first-order valence-corrected chi connectivity index (χ1v) is 8.04. The standard InChI is InChI=1S/C12H14.3FH.Zr/c1-2-5-10-8-9-11-6-3-4-7-12(10)11;;;;/h3-4,6-10H,2,5H2,1H3;3*1H;/q;;;;+3/p-3. The van der Waals surface area contributed by atoms with Gasteiger partial charge in [-0.2, -0.15) is 0 Å². The quantitative estimate of drug-likeness (QED) is 0.732. The first kappa shape index (κ1) is 13.7. The Kier molecular flexibility index (Phi) is 6.04. The molecule has 0 saturated heterocycles. The van der Waals surface area contributed by atoms with E-state index in [0.29, 0.717) is 5.92 Å². The van der Waals surface area contributed by atoms with Crippen molar-refractivity contribution < 1.29 is 31.5 Å². The van der Waals surface area contributed by atoms with Crippen LogP contribution in [-0.2, 0) is 23.6 Å². The van der Waals surface area contributed by atoms with Crippen molar-refractivity contribution in [1.82, 2.24) is 0 Å². The van der Waals surface area contributed by atoms with Gasteiger partial charge in [-0.25, -0.2) is 0 Å². The topological polar surface area (TPSA) is 0 Å². The van der Waals surface area contributed by atoms with E-state index in [0.717, 1.165) is 0 Å². The summed E-state index contributed by atoms with van der Waals surface area (Å²) in [5.41, 5.74) is 2.93. The summed E-state index contributed by atoms with van der Waals surface area (Å²) in [7, 11) is 0. The predicted molar refractivity (Wildman–Crippen MR) is 56.4 cm³/mol. The van der Waals surface area contributed by atoms with Gasteiger partial charge in [-0.15, -0.1) is 0 Å². The summed E-state index contributed by atoms with van der Waals surface area (Å²) in [5.74, 6) is 0.686. The molecule has 0 nitrogen and oxygen atoms in total. The number of benzene rings is 1. The molecular weight excluding hydrogens is 292 g/mol. The third-order valence-corrected chi connectivity index (χ3v) is 2.50. The van der Waals surface area contributed by atoms with E-state index < -0.39 is 23.6 Å². The molecule has 1 aliphatic carbocycles. The Morgan fingerprint density at radius 2 is 1.81 bits per heavy atom. The number of allylic oxidation sites excluding steroid dienone is 1. The van der Waals surface area contributed by atoms with Crippen LogP contribution in [0.25, 0.3) is 6.08 Å². The van der Waals surface area contributed by atoms with E-state index in [9.17, 15) is 7.88 Å². The van der Waals surface area contributed by atoms with Crippen molar-refractivity contribution in [3.8, 4) is 0 Å². The van der Waals surface area contributed by atoms with Gasteiger partial charge >= 0.3 is 31.5 Å². The monoisotopic (exact) mass is 305 g/mol. The number of rotatable bonds is 2. The first-order chi connectivity index (χ1) is 7.65. The van der Waals surface area contributed by atoms with Gasteiger partial charge in [0.2, 0.25) is 0 Å². The molecule has 87 valence electrons. The summed E-state index contributed by atoms with van der Waals surface area (Å²) in [6.07, 6.45) is 7.13. The Morgan fingerprint density at radius 1 is 1.19 bits per heavy atom. The number of hydrogen-bond donors (Lipinski definition) is 0. The molecule has 0 saturated carbocycles. The van der Waals surface area contributed by atoms with Crippen molar-refractivity contribution in [3.05, 3.63) is 41.5 Å². The van der Waals surface area contributed by atoms with Gasteiger partial charge in [0.05, 0.1) is 0 Å². The fourth-order valence-corrected chi connectivity index (χ4v) is 1.89. The molecule has 0 heterocycles. The normalized spacial score (nSPS) is 16.4. The second kappa shape index (κ2) is 7.06. The molecular formula is C12H14F3Zr. The van der Waals surface area contributed by atoms with Gasteiger partial charge in [0.1, 0.15) is 0 Å². The molecule has 0 aliphatic heterocycles. The fourth-order valence-electron chi connectivity index (χ4n) is 1.89. The number of halogens is 3. The molecule has 1 atom stereocenters. The minimum atomic E-state index is -5.04. The van der Waals surface area contributed by atoms with Gasteiger partial charge in [-0.1, -0.05) is 49.8 Å². The van der Waals surface area contributed by atoms with E-state index in [1.165, 1.54) is 24.0 Å². The van der Waals surface area contributed by atoms with Gasteiger partial charge in [0.15, 0.2) is 0 Å². The van der Waals surface area contributed by atoms with Crippen LogP contribution in [-0.4, -0.2) is 0 Å². The maximum absolute atomic E-state index is 9.86. The average Bonchev–Trinajstić information content (AvgIpc) is 2.62. The Labute approximate surface area is 105 Å². The summed E-state index contributed by atoms with van der Waals surface area (Å²) in [4.78, 5) is 0. The molecule has 0 radical (unpaired) electrons. The van der Waals surface area contributed by atoms with Crippen molar-refractivity contribution >= 4 is 6.08 Å². The Morgan fingerprint density at radius 3 is 2.44 bits per heavy atom. The van der Waals surface area contributed by atoms with Crippen LogP contribution in [0.3, 0.4) is 0 Å². The minimum absolute atomic E-state index is 0.686.